The second kappa shape index (κ2) is 5.21. The molecular weight excluding hydrogens is 260 g/mol. The molecule has 1 fully saturated rings. The zero-order valence-electron chi connectivity index (χ0n) is 11.0. The van der Waals surface area contributed by atoms with Crippen LogP contribution in [0.2, 0.25) is 0 Å². The van der Waals surface area contributed by atoms with Crippen molar-refractivity contribution in [1.29, 1.82) is 0 Å². The van der Waals surface area contributed by atoms with E-state index in [9.17, 15) is 14.7 Å². The summed E-state index contributed by atoms with van der Waals surface area (Å²) in [5.41, 5.74) is 0.0120. The summed E-state index contributed by atoms with van der Waals surface area (Å²) in [6.45, 7) is 3.85. The smallest absolute Gasteiger partial charge is 0.167 e. The van der Waals surface area contributed by atoms with Gasteiger partial charge in [0.25, 0.3) is 0 Å². The fourth-order valence-electron chi connectivity index (χ4n) is 2.09. The molecule has 19 heavy (non-hydrogen) atoms. The van der Waals surface area contributed by atoms with Crippen LogP contribution in [0.4, 0.5) is 0 Å². The van der Waals surface area contributed by atoms with Gasteiger partial charge in [-0.25, -0.2) is 0 Å². The molecule has 100 valence electrons. The Morgan fingerprint density at radius 3 is 2.32 bits per heavy atom. The lowest BCUT2D eigenvalue weighted by molar-refractivity contribution is -0.127. The summed E-state index contributed by atoms with van der Waals surface area (Å²) >= 11 is 1.21. The standard InChI is InChI=1S/C15H16O3S/c1-15(2)7-12(17)10(13(18)8-15)9-19-14-6-4-3-5-11(14)16/h3-6,9,16H,7-8H2,1-2H3. The molecule has 3 nitrogen and oxygen atoms in total. The Labute approximate surface area is 116 Å². The first kappa shape index (κ1) is 13.9. The molecule has 0 spiro atoms. The third-order valence-electron chi connectivity index (χ3n) is 3.05. The highest BCUT2D eigenvalue weighted by Gasteiger charge is 2.35. The van der Waals surface area contributed by atoms with Gasteiger partial charge in [-0.05, 0) is 23.0 Å². The highest BCUT2D eigenvalue weighted by Crippen LogP contribution is 2.36. The first-order valence-electron chi connectivity index (χ1n) is 6.10. The van der Waals surface area contributed by atoms with Gasteiger partial charge in [0.2, 0.25) is 0 Å². The molecule has 1 N–H and O–H groups in total. The Bertz CT molecular complexity index is 536. The van der Waals surface area contributed by atoms with Gasteiger partial charge in [-0.2, -0.15) is 0 Å². The van der Waals surface area contributed by atoms with Crippen LogP contribution in [0.5, 0.6) is 5.75 Å². The van der Waals surface area contributed by atoms with Crippen LogP contribution in [0.25, 0.3) is 0 Å². The van der Waals surface area contributed by atoms with Crippen LogP contribution in [0.1, 0.15) is 26.7 Å². The van der Waals surface area contributed by atoms with E-state index in [4.69, 9.17) is 0 Å². The SMILES string of the molecule is CC1(C)CC(=O)C(=CSc2ccccc2O)C(=O)C1. The highest BCUT2D eigenvalue weighted by atomic mass is 32.2. The molecule has 0 bridgehead atoms. The number of phenols is 1. The molecule has 1 aromatic rings. The van der Waals surface area contributed by atoms with Gasteiger partial charge in [-0.15, -0.1) is 0 Å². The number of allylic oxidation sites excluding steroid dienone is 1. The van der Waals surface area contributed by atoms with E-state index in [2.05, 4.69) is 0 Å². The molecule has 4 heteroatoms. The number of aromatic hydroxyl groups is 1. The van der Waals surface area contributed by atoms with Gasteiger partial charge in [0.15, 0.2) is 11.6 Å². The van der Waals surface area contributed by atoms with Crippen molar-refractivity contribution in [2.75, 3.05) is 0 Å². The Balaban J connectivity index is 2.18. The predicted molar refractivity (Wildman–Crippen MR) is 75.1 cm³/mol. The molecule has 2 rings (SSSR count). The monoisotopic (exact) mass is 276 g/mol. The Kier molecular flexibility index (Phi) is 3.80. The Morgan fingerprint density at radius 1 is 1.16 bits per heavy atom. The van der Waals surface area contributed by atoms with E-state index in [0.29, 0.717) is 17.7 Å². The molecule has 1 aliphatic rings. The summed E-state index contributed by atoms with van der Waals surface area (Å²) in [4.78, 5) is 24.6. The average molecular weight is 276 g/mol. The summed E-state index contributed by atoms with van der Waals surface area (Å²) in [5.74, 6) is -0.0614. The number of carbonyl (C=O) groups excluding carboxylic acids is 2. The van der Waals surface area contributed by atoms with Gasteiger partial charge >= 0.3 is 0 Å². The minimum absolute atomic E-state index is 0.107. The molecule has 0 heterocycles. The number of hydrogen-bond acceptors (Lipinski definition) is 4. The van der Waals surface area contributed by atoms with Gasteiger partial charge in [-0.3, -0.25) is 9.59 Å². The fraction of sp³-hybridized carbons (Fsp3) is 0.333. The zero-order chi connectivity index (χ0) is 14.0. The van der Waals surface area contributed by atoms with E-state index in [1.165, 1.54) is 11.8 Å². The number of thioether (sulfide) groups is 1. The van der Waals surface area contributed by atoms with E-state index in [0.717, 1.165) is 0 Å². The third-order valence-corrected chi connectivity index (χ3v) is 4.00. The molecule has 1 saturated carbocycles. The maximum atomic E-state index is 12.0. The van der Waals surface area contributed by atoms with Crippen molar-refractivity contribution in [3.05, 3.63) is 35.2 Å². The van der Waals surface area contributed by atoms with Gasteiger partial charge in [0, 0.05) is 12.8 Å². The van der Waals surface area contributed by atoms with Crippen molar-refractivity contribution in [2.24, 2.45) is 5.41 Å². The molecule has 0 radical (unpaired) electrons. The summed E-state index contributed by atoms with van der Waals surface area (Å²) in [6.07, 6.45) is 0.789. The van der Waals surface area contributed by atoms with E-state index in [1.807, 2.05) is 13.8 Å². The first-order chi connectivity index (χ1) is 8.89. The van der Waals surface area contributed by atoms with Gasteiger partial charge in [-0.1, -0.05) is 37.7 Å². The minimum atomic E-state index is -0.245. The largest absolute Gasteiger partial charge is 0.507 e. The van der Waals surface area contributed by atoms with Crippen LogP contribution in [0, 0.1) is 5.41 Å². The zero-order valence-corrected chi connectivity index (χ0v) is 11.8. The van der Waals surface area contributed by atoms with Crippen LogP contribution in [-0.4, -0.2) is 16.7 Å². The number of ketones is 2. The van der Waals surface area contributed by atoms with Crippen molar-refractivity contribution in [3.8, 4) is 5.75 Å². The van der Waals surface area contributed by atoms with Crippen LogP contribution in [0.15, 0.2) is 40.1 Å². The van der Waals surface area contributed by atoms with Gasteiger partial charge in [0.05, 0.1) is 10.5 Å². The first-order valence-corrected chi connectivity index (χ1v) is 6.98. The van der Waals surface area contributed by atoms with E-state index in [1.54, 1.807) is 29.7 Å². The number of carbonyl (C=O) groups is 2. The van der Waals surface area contributed by atoms with Crippen LogP contribution in [0.3, 0.4) is 0 Å². The second-order valence-corrected chi connectivity index (χ2v) is 6.39. The maximum absolute atomic E-state index is 12.0. The molecule has 0 amide bonds. The number of hydrogen-bond donors (Lipinski definition) is 1. The molecule has 0 saturated heterocycles. The van der Waals surface area contributed by atoms with Crippen LogP contribution < -0.4 is 0 Å². The summed E-state index contributed by atoms with van der Waals surface area (Å²) in [5, 5.41) is 11.2. The maximum Gasteiger partial charge on any atom is 0.167 e. The third kappa shape index (κ3) is 3.26. The lowest BCUT2D eigenvalue weighted by Gasteiger charge is -2.28. The summed E-state index contributed by atoms with van der Waals surface area (Å²) < 4.78 is 0. The van der Waals surface area contributed by atoms with Crippen LogP contribution >= 0.6 is 11.8 Å². The molecule has 1 aliphatic carbocycles. The van der Waals surface area contributed by atoms with Crippen molar-refractivity contribution in [3.63, 3.8) is 0 Å². The average Bonchev–Trinajstić information content (AvgIpc) is 2.28. The van der Waals surface area contributed by atoms with Gasteiger partial charge < -0.3 is 5.11 Å². The molecule has 0 aromatic heterocycles. The Morgan fingerprint density at radius 2 is 1.74 bits per heavy atom. The molecular formula is C15H16O3S. The highest BCUT2D eigenvalue weighted by molar-refractivity contribution is 8.02. The molecule has 0 unspecified atom stereocenters. The minimum Gasteiger partial charge on any atom is -0.507 e. The van der Waals surface area contributed by atoms with Crippen molar-refractivity contribution >= 4 is 23.3 Å². The number of para-hydroxylation sites is 1. The lowest BCUT2D eigenvalue weighted by Crippen LogP contribution is -2.31. The molecule has 0 atom stereocenters. The van der Waals surface area contributed by atoms with E-state index < -0.39 is 0 Å². The van der Waals surface area contributed by atoms with Crippen molar-refractivity contribution in [2.45, 2.75) is 31.6 Å². The summed E-state index contributed by atoms with van der Waals surface area (Å²) in [7, 11) is 0. The number of benzene rings is 1. The quantitative estimate of drug-likeness (QED) is 0.511. The Hall–Kier alpha value is -1.55. The normalized spacial score (nSPS) is 18.5. The number of Topliss-reactive ketones (excluding diaryl/α,β-unsaturated/α-hetero) is 2. The molecule has 0 aliphatic heterocycles. The predicted octanol–water partition coefficient (Wildman–Crippen LogP) is 3.33. The summed E-state index contributed by atoms with van der Waals surface area (Å²) in [6, 6.07) is 6.85. The van der Waals surface area contributed by atoms with Gasteiger partial charge in [0.1, 0.15) is 5.75 Å². The number of phenolic OH excluding ortho intramolecular Hbond substituents is 1. The fourth-order valence-corrected chi connectivity index (χ4v) is 2.94. The van der Waals surface area contributed by atoms with Crippen LogP contribution in [-0.2, 0) is 9.59 Å². The second-order valence-electron chi connectivity index (χ2n) is 5.48. The van der Waals surface area contributed by atoms with Crippen molar-refractivity contribution in [1.82, 2.24) is 0 Å². The van der Waals surface area contributed by atoms with E-state index >= 15 is 0 Å². The number of rotatable bonds is 2. The van der Waals surface area contributed by atoms with Crippen molar-refractivity contribution < 1.29 is 14.7 Å². The molecule has 1 aromatic carbocycles. The lowest BCUT2D eigenvalue weighted by atomic mass is 9.74. The topological polar surface area (TPSA) is 54.4 Å². The van der Waals surface area contributed by atoms with E-state index in [-0.39, 0.29) is 28.3 Å².